The molecule has 0 aromatic carbocycles. The Balaban J connectivity index is 2.36. The van der Waals surface area contributed by atoms with Gasteiger partial charge >= 0.3 is 0 Å². The zero-order valence-electron chi connectivity index (χ0n) is 12.1. The van der Waals surface area contributed by atoms with Crippen molar-refractivity contribution in [2.24, 2.45) is 17.8 Å². The van der Waals surface area contributed by atoms with E-state index in [9.17, 15) is 0 Å². The van der Waals surface area contributed by atoms with Gasteiger partial charge in [0.15, 0.2) is 0 Å². The summed E-state index contributed by atoms with van der Waals surface area (Å²) >= 11 is 4.64. The van der Waals surface area contributed by atoms with Gasteiger partial charge in [-0.05, 0) is 49.9 Å². The maximum atomic E-state index is 4.64. The van der Waals surface area contributed by atoms with Crippen molar-refractivity contribution >= 4 is 12.6 Å². The van der Waals surface area contributed by atoms with Crippen LogP contribution in [-0.4, -0.2) is 5.25 Å². The molecule has 0 nitrogen and oxygen atoms in total. The van der Waals surface area contributed by atoms with Crippen molar-refractivity contribution in [3.8, 4) is 0 Å². The van der Waals surface area contributed by atoms with Gasteiger partial charge in [0, 0.05) is 5.25 Å². The summed E-state index contributed by atoms with van der Waals surface area (Å²) in [6.45, 7) is 7.16. The van der Waals surface area contributed by atoms with E-state index in [1.807, 2.05) is 0 Å². The minimum absolute atomic E-state index is 0.636. The van der Waals surface area contributed by atoms with E-state index in [1.165, 1.54) is 57.8 Å². The lowest BCUT2D eigenvalue weighted by Crippen LogP contribution is -2.10. The Labute approximate surface area is 114 Å². The largest absolute Gasteiger partial charge is 0.176 e. The number of thiol groups is 1. The molecule has 0 bridgehead atoms. The summed E-state index contributed by atoms with van der Waals surface area (Å²) in [5.74, 6) is 2.88. The van der Waals surface area contributed by atoms with Gasteiger partial charge in [-0.1, -0.05) is 46.5 Å². The fourth-order valence-electron chi connectivity index (χ4n) is 3.41. The van der Waals surface area contributed by atoms with Gasteiger partial charge in [-0.2, -0.15) is 12.6 Å². The van der Waals surface area contributed by atoms with Crippen LogP contribution in [-0.2, 0) is 0 Å². The first-order valence-corrected chi connectivity index (χ1v) is 8.31. The van der Waals surface area contributed by atoms with Crippen molar-refractivity contribution < 1.29 is 0 Å². The minimum Gasteiger partial charge on any atom is -0.176 e. The Bertz CT molecular complexity index is 190. The zero-order valence-corrected chi connectivity index (χ0v) is 13.0. The third-order valence-corrected chi connectivity index (χ3v) is 5.10. The topological polar surface area (TPSA) is 0 Å². The van der Waals surface area contributed by atoms with Gasteiger partial charge in [-0.15, -0.1) is 0 Å². The predicted octanol–water partition coefficient (Wildman–Crippen LogP) is 5.72. The first-order chi connectivity index (χ1) is 8.11. The Hall–Kier alpha value is 0.350. The molecule has 0 heterocycles. The van der Waals surface area contributed by atoms with Crippen LogP contribution < -0.4 is 0 Å². The van der Waals surface area contributed by atoms with E-state index in [1.54, 1.807) is 0 Å². The third kappa shape index (κ3) is 6.74. The average Bonchev–Trinajstić information content (AvgIpc) is 2.36. The summed E-state index contributed by atoms with van der Waals surface area (Å²) < 4.78 is 0. The molecule has 0 spiro atoms. The first-order valence-electron chi connectivity index (χ1n) is 7.79. The molecule has 0 saturated heterocycles. The highest BCUT2D eigenvalue weighted by Gasteiger charge is 2.18. The molecule has 1 rings (SSSR count). The molecular formula is C16H32S. The van der Waals surface area contributed by atoms with Gasteiger partial charge in [0.1, 0.15) is 0 Å². The van der Waals surface area contributed by atoms with Crippen molar-refractivity contribution in [1.82, 2.24) is 0 Å². The number of rotatable bonds is 4. The summed E-state index contributed by atoms with van der Waals surface area (Å²) in [6.07, 6.45) is 12.7. The lowest BCUT2D eigenvalue weighted by Gasteiger charge is -2.22. The molecule has 1 aliphatic rings. The summed E-state index contributed by atoms with van der Waals surface area (Å²) in [5.41, 5.74) is 0. The van der Waals surface area contributed by atoms with Crippen LogP contribution in [0.3, 0.4) is 0 Å². The first kappa shape index (κ1) is 15.4. The lowest BCUT2D eigenvalue weighted by atomic mass is 9.85. The van der Waals surface area contributed by atoms with Crippen LogP contribution in [0.5, 0.6) is 0 Å². The molecule has 0 aromatic rings. The molecule has 4 unspecified atom stereocenters. The normalized spacial score (nSPS) is 33.5. The molecule has 0 amide bonds. The Morgan fingerprint density at radius 1 is 1.06 bits per heavy atom. The molecule has 0 aliphatic heterocycles. The summed E-state index contributed by atoms with van der Waals surface area (Å²) in [4.78, 5) is 0. The zero-order chi connectivity index (χ0) is 12.7. The standard InChI is InChI=1S/C16H32S/c1-4-16(17)10-9-15-8-6-5-7-13(2)11-14(3)12-15/h13-17H,4-12H2,1-3H3. The summed E-state index contributed by atoms with van der Waals surface area (Å²) in [6, 6.07) is 0. The van der Waals surface area contributed by atoms with Gasteiger partial charge < -0.3 is 0 Å². The number of hydrogen-bond acceptors (Lipinski definition) is 1. The highest BCUT2D eigenvalue weighted by Crippen LogP contribution is 2.31. The van der Waals surface area contributed by atoms with Gasteiger partial charge in [0.05, 0.1) is 0 Å². The molecule has 4 atom stereocenters. The van der Waals surface area contributed by atoms with Gasteiger partial charge in [-0.3, -0.25) is 0 Å². The van der Waals surface area contributed by atoms with Crippen LogP contribution >= 0.6 is 12.6 Å². The van der Waals surface area contributed by atoms with E-state index in [4.69, 9.17) is 0 Å². The Morgan fingerprint density at radius 3 is 2.47 bits per heavy atom. The molecule has 17 heavy (non-hydrogen) atoms. The smallest absolute Gasteiger partial charge is 0.00142 e. The second-order valence-corrected chi connectivity index (χ2v) is 7.20. The lowest BCUT2D eigenvalue weighted by molar-refractivity contribution is 0.316. The van der Waals surface area contributed by atoms with Crippen LogP contribution in [0.1, 0.15) is 78.6 Å². The number of hydrogen-bond donors (Lipinski definition) is 1. The van der Waals surface area contributed by atoms with Crippen molar-refractivity contribution in [2.45, 2.75) is 83.8 Å². The van der Waals surface area contributed by atoms with E-state index in [0.29, 0.717) is 5.25 Å². The van der Waals surface area contributed by atoms with E-state index < -0.39 is 0 Å². The molecule has 1 heteroatoms. The van der Waals surface area contributed by atoms with Gasteiger partial charge in [-0.25, -0.2) is 0 Å². The molecule has 0 aromatic heterocycles. The van der Waals surface area contributed by atoms with Gasteiger partial charge in [0.2, 0.25) is 0 Å². The fourth-order valence-corrected chi connectivity index (χ4v) is 3.56. The van der Waals surface area contributed by atoms with Gasteiger partial charge in [0.25, 0.3) is 0 Å². The van der Waals surface area contributed by atoms with Crippen LogP contribution in [0.2, 0.25) is 0 Å². The summed E-state index contributed by atoms with van der Waals surface area (Å²) in [5, 5.41) is 0.636. The maximum absolute atomic E-state index is 4.64. The second-order valence-electron chi connectivity index (χ2n) is 6.47. The molecular weight excluding hydrogens is 224 g/mol. The van der Waals surface area contributed by atoms with E-state index in [0.717, 1.165) is 17.8 Å². The molecule has 1 saturated carbocycles. The Morgan fingerprint density at radius 2 is 1.76 bits per heavy atom. The Kier molecular flexibility index (Phi) is 7.66. The molecule has 1 fully saturated rings. The van der Waals surface area contributed by atoms with E-state index >= 15 is 0 Å². The average molecular weight is 256 g/mol. The monoisotopic (exact) mass is 256 g/mol. The van der Waals surface area contributed by atoms with Crippen molar-refractivity contribution in [3.05, 3.63) is 0 Å². The third-order valence-electron chi connectivity index (χ3n) is 4.48. The highest BCUT2D eigenvalue weighted by atomic mass is 32.1. The quantitative estimate of drug-likeness (QED) is 0.611. The van der Waals surface area contributed by atoms with Crippen LogP contribution in [0.25, 0.3) is 0 Å². The van der Waals surface area contributed by atoms with E-state index in [-0.39, 0.29) is 0 Å². The van der Waals surface area contributed by atoms with Crippen LogP contribution in [0, 0.1) is 17.8 Å². The van der Waals surface area contributed by atoms with E-state index in [2.05, 4.69) is 33.4 Å². The molecule has 0 radical (unpaired) electrons. The van der Waals surface area contributed by atoms with Crippen molar-refractivity contribution in [3.63, 3.8) is 0 Å². The fraction of sp³-hybridized carbons (Fsp3) is 1.00. The maximum Gasteiger partial charge on any atom is 0.00142 e. The second kappa shape index (κ2) is 8.45. The predicted molar refractivity (Wildman–Crippen MR) is 81.8 cm³/mol. The highest BCUT2D eigenvalue weighted by molar-refractivity contribution is 7.80. The van der Waals surface area contributed by atoms with Crippen LogP contribution in [0.4, 0.5) is 0 Å². The van der Waals surface area contributed by atoms with Crippen molar-refractivity contribution in [2.75, 3.05) is 0 Å². The summed E-state index contributed by atoms with van der Waals surface area (Å²) in [7, 11) is 0. The molecule has 0 N–H and O–H groups in total. The van der Waals surface area contributed by atoms with Crippen molar-refractivity contribution in [1.29, 1.82) is 0 Å². The minimum atomic E-state index is 0.636. The van der Waals surface area contributed by atoms with Crippen LogP contribution in [0.15, 0.2) is 0 Å². The molecule has 102 valence electrons. The SMILES string of the molecule is CCC(S)CCC1CCCCC(C)CC(C)C1. The molecule has 1 aliphatic carbocycles.